The number of hydrogen-bond acceptors (Lipinski definition) is 4. The number of esters is 1. The van der Waals surface area contributed by atoms with E-state index in [1.165, 1.54) is 4.68 Å². The Bertz CT molecular complexity index is 969. The minimum atomic E-state index is -0.607. The van der Waals surface area contributed by atoms with Crippen LogP contribution >= 0.6 is 34.8 Å². The highest BCUT2D eigenvalue weighted by Crippen LogP contribution is 2.35. The molecule has 0 aliphatic rings. The highest BCUT2D eigenvalue weighted by atomic mass is 35.5. The Kier molecular flexibility index (Phi) is 5.41. The van der Waals surface area contributed by atoms with Gasteiger partial charge in [-0.15, -0.1) is 0 Å². The van der Waals surface area contributed by atoms with E-state index in [4.69, 9.17) is 45.3 Å². The fourth-order valence-corrected chi connectivity index (χ4v) is 3.11. The van der Waals surface area contributed by atoms with Crippen LogP contribution in [0.15, 0.2) is 42.5 Å². The Morgan fingerprint density at radius 2 is 1.77 bits per heavy atom. The Balaban J connectivity index is 2.26. The molecule has 0 fully saturated rings. The number of aromatic nitrogens is 2. The molecule has 0 amide bonds. The number of benzene rings is 2. The smallest absolute Gasteiger partial charge is 0.361 e. The summed E-state index contributed by atoms with van der Waals surface area (Å²) in [5, 5.41) is 5.77. The summed E-state index contributed by atoms with van der Waals surface area (Å²) < 4.78 is 6.55. The molecule has 1 heterocycles. The summed E-state index contributed by atoms with van der Waals surface area (Å²) >= 11 is 18.3. The van der Waals surface area contributed by atoms with Crippen molar-refractivity contribution in [3.05, 3.63) is 63.2 Å². The molecule has 0 atom stereocenters. The molecule has 0 saturated heterocycles. The quantitative estimate of drug-likeness (QED) is 0.596. The molecule has 1 aromatic heterocycles. The molecular formula is C18H14Cl3N3O2. The predicted octanol–water partition coefficient (Wildman–Crippen LogP) is 5.26. The standard InChI is InChI=1S/C18H14Cl3N3O2/c1-2-26-18(25)16-15(22)17(10-3-5-11(19)6-4-10)24(23-16)14-8-7-12(20)9-13(14)21/h3-9H,2,22H2,1H3. The highest BCUT2D eigenvalue weighted by molar-refractivity contribution is 6.35. The Morgan fingerprint density at radius 1 is 1.12 bits per heavy atom. The molecular weight excluding hydrogens is 397 g/mol. The van der Waals surface area contributed by atoms with Crippen molar-refractivity contribution in [3.8, 4) is 16.9 Å². The second-order valence-corrected chi connectivity index (χ2v) is 6.63. The summed E-state index contributed by atoms with van der Waals surface area (Å²) in [5.41, 5.74) is 8.21. The zero-order valence-electron chi connectivity index (χ0n) is 13.7. The van der Waals surface area contributed by atoms with Crippen molar-refractivity contribution in [1.82, 2.24) is 9.78 Å². The Hall–Kier alpha value is -2.21. The molecule has 0 aliphatic heterocycles. The zero-order chi connectivity index (χ0) is 18.8. The van der Waals surface area contributed by atoms with Crippen molar-refractivity contribution in [2.75, 3.05) is 12.3 Å². The first-order valence-corrected chi connectivity index (χ1v) is 8.82. The third kappa shape index (κ3) is 3.51. The van der Waals surface area contributed by atoms with E-state index in [0.29, 0.717) is 26.4 Å². The van der Waals surface area contributed by atoms with Crippen LogP contribution in [0.2, 0.25) is 15.1 Å². The normalized spacial score (nSPS) is 10.8. The van der Waals surface area contributed by atoms with Gasteiger partial charge in [-0.1, -0.05) is 46.9 Å². The van der Waals surface area contributed by atoms with E-state index in [-0.39, 0.29) is 18.0 Å². The van der Waals surface area contributed by atoms with Crippen molar-refractivity contribution in [3.63, 3.8) is 0 Å². The number of halogens is 3. The van der Waals surface area contributed by atoms with Crippen LogP contribution in [0.3, 0.4) is 0 Å². The fourth-order valence-electron chi connectivity index (χ4n) is 2.49. The van der Waals surface area contributed by atoms with Crippen molar-refractivity contribution in [1.29, 1.82) is 0 Å². The highest BCUT2D eigenvalue weighted by Gasteiger charge is 2.24. The van der Waals surface area contributed by atoms with Crippen LogP contribution < -0.4 is 5.73 Å². The topological polar surface area (TPSA) is 70.1 Å². The van der Waals surface area contributed by atoms with Gasteiger partial charge in [-0.2, -0.15) is 5.10 Å². The molecule has 3 aromatic rings. The summed E-state index contributed by atoms with van der Waals surface area (Å²) in [6, 6.07) is 12.0. The lowest BCUT2D eigenvalue weighted by Gasteiger charge is -2.10. The Labute approximate surface area is 165 Å². The van der Waals surface area contributed by atoms with Gasteiger partial charge in [0.25, 0.3) is 0 Å². The summed E-state index contributed by atoms with van der Waals surface area (Å²) in [4.78, 5) is 12.2. The van der Waals surface area contributed by atoms with Crippen LogP contribution in [0.25, 0.3) is 16.9 Å². The summed E-state index contributed by atoms with van der Waals surface area (Å²) in [7, 11) is 0. The second-order valence-electron chi connectivity index (χ2n) is 5.35. The molecule has 3 rings (SSSR count). The van der Waals surface area contributed by atoms with Crippen molar-refractivity contribution in [2.45, 2.75) is 6.92 Å². The molecule has 8 heteroatoms. The number of nitrogen functional groups attached to an aromatic ring is 1. The molecule has 2 aromatic carbocycles. The van der Waals surface area contributed by atoms with Crippen LogP contribution in [0, 0.1) is 0 Å². The van der Waals surface area contributed by atoms with Gasteiger partial charge in [0.1, 0.15) is 0 Å². The SMILES string of the molecule is CCOC(=O)c1nn(-c2ccc(Cl)cc2Cl)c(-c2ccc(Cl)cc2)c1N. The minimum Gasteiger partial charge on any atom is -0.461 e. The first-order valence-electron chi connectivity index (χ1n) is 7.69. The third-order valence-electron chi connectivity index (χ3n) is 3.65. The van der Waals surface area contributed by atoms with Crippen LogP contribution in [0.4, 0.5) is 5.69 Å². The second kappa shape index (κ2) is 7.58. The van der Waals surface area contributed by atoms with Gasteiger partial charge in [-0.25, -0.2) is 9.48 Å². The van der Waals surface area contributed by atoms with Gasteiger partial charge >= 0.3 is 5.97 Å². The lowest BCUT2D eigenvalue weighted by atomic mass is 10.1. The van der Waals surface area contributed by atoms with Gasteiger partial charge in [0, 0.05) is 15.6 Å². The van der Waals surface area contributed by atoms with Gasteiger partial charge in [-0.05, 0) is 37.3 Å². The van der Waals surface area contributed by atoms with Crippen LogP contribution in [0.1, 0.15) is 17.4 Å². The molecule has 0 bridgehead atoms. The van der Waals surface area contributed by atoms with Gasteiger partial charge in [0.05, 0.1) is 28.7 Å². The average molecular weight is 411 g/mol. The van der Waals surface area contributed by atoms with E-state index >= 15 is 0 Å². The number of carbonyl (C=O) groups is 1. The summed E-state index contributed by atoms with van der Waals surface area (Å²) in [5.74, 6) is -0.607. The first kappa shape index (κ1) is 18.6. The molecule has 2 N–H and O–H groups in total. The predicted molar refractivity (Wildman–Crippen MR) is 104 cm³/mol. The molecule has 0 aliphatic carbocycles. The number of nitrogens with two attached hydrogens (primary N) is 1. The van der Waals surface area contributed by atoms with Crippen molar-refractivity contribution >= 4 is 46.5 Å². The van der Waals surface area contributed by atoms with Crippen molar-refractivity contribution in [2.24, 2.45) is 0 Å². The van der Waals surface area contributed by atoms with Crippen molar-refractivity contribution < 1.29 is 9.53 Å². The van der Waals surface area contributed by atoms with Gasteiger partial charge < -0.3 is 10.5 Å². The first-order chi connectivity index (χ1) is 12.4. The number of rotatable bonds is 4. The molecule has 134 valence electrons. The molecule has 5 nitrogen and oxygen atoms in total. The number of anilines is 1. The van der Waals surface area contributed by atoms with E-state index in [1.54, 1.807) is 49.4 Å². The summed E-state index contributed by atoms with van der Waals surface area (Å²) in [6.07, 6.45) is 0. The lowest BCUT2D eigenvalue weighted by Crippen LogP contribution is -2.08. The molecule has 0 spiro atoms. The monoisotopic (exact) mass is 409 g/mol. The number of ether oxygens (including phenoxy) is 1. The lowest BCUT2D eigenvalue weighted by molar-refractivity contribution is 0.0520. The van der Waals surface area contributed by atoms with Gasteiger partial charge in [0.2, 0.25) is 0 Å². The van der Waals surface area contributed by atoms with Crippen LogP contribution in [-0.2, 0) is 4.74 Å². The van der Waals surface area contributed by atoms with E-state index in [0.717, 1.165) is 5.56 Å². The maximum Gasteiger partial charge on any atom is 0.361 e. The number of carbonyl (C=O) groups excluding carboxylic acids is 1. The average Bonchev–Trinajstić information content (AvgIpc) is 2.93. The van der Waals surface area contributed by atoms with Gasteiger partial charge in [-0.3, -0.25) is 0 Å². The largest absolute Gasteiger partial charge is 0.461 e. The van der Waals surface area contributed by atoms with Gasteiger partial charge in [0.15, 0.2) is 5.69 Å². The molecule has 26 heavy (non-hydrogen) atoms. The maximum atomic E-state index is 12.2. The fraction of sp³-hybridized carbons (Fsp3) is 0.111. The molecule has 0 saturated carbocycles. The number of hydrogen-bond donors (Lipinski definition) is 1. The molecule has 0 radical (unpaired) electrons. The summed E-state index contributed by atoms with van der Waals surface area (Å²) in [6.45, 7) is 1.92. The third-order valence-corrected chi connectivity index (χ3v) is 4.44. The van der Waals surface area contributed by atoms with E-state index in [1.807, 2.05) is 0 Å². The molecule has 0 unspecified atom stereocenters. The minimum absolute atomic E-state index is 0.0165. The van der Waals surface area contributed by atoms with Crippen LogP contribution in [0.5, 0.6) is 0 Å². The number of nitrogens with zero attached hydrogens (tertiary/aromatic N) is 2. The van der Waals surface area contributed by atoms with E-state index in [2.05, 4.69) is 5.10 Å². The maximum absolute atomic E-state index is 12.2. The zero-order valence-corrected chi connectivity index (χ0v) is 15.9. The Morgan fingerprint density at radius 3 is 2.38 bits per heavy atom. The van der Waals surface area contributed by atoms with Crippen LogP contribution in [-0.4, -0.2) is 22.4 Å². The van der Waals surface area contributed by atoms with E-state index in [9.17, 15) is 4.79 Å². The van der Waals surface area contributed by atoms with E-state index < -0.39 is 5.97 Å².